The maximum atomic E-state index is 13.5. The first-order valence-corrected chi connectivity index (χ1v) is 13.1. The second-order valence-electron chi connectivity index (χ2n) is 12.0. The summed E-state index contributed by atoms with van der Waals surface area (Å²) in [5, 5.41) is 11.0. The number of ether oxygens (including phenoxy) is 3. The number of hydrogen-bond donors (Lipinski definition) is 1. The van der Waals surface area contributed by atoms with Gasteiger partial charge in [0.15, 0.2) is 6.29 Å². The number of carboxylic acids is 1. The average Bonchev–Trinajstić information content (AvgIpc) is 3.39. The van der Waals surface area contributed by atoms with Gasteiger partial charge in [-0.15, -0.1) is 0 Å². The van der Waals surface area contributed by atoms with E-state index in [1.54, 1.807) is 4.90 Å². The number of carboxylic acid groups (broad SMARTS) is 1. The van der Waals surface area contributed by atoms with Gasteiger partial charge < -0.3 is 29.0 Å². The Morgan fingerprint density at radius 2 is 2.00 bits per heavy atom. The van der Waals surface area contributed by atoms with Crippen LogP contribution in [0.3, 0.4) is 0 Å². The van der Waals surface area contributed by atoms with Crippen LogP contribution in [-0.4, -0.2) is 67.6 Å². The number of methoxy groups -OCH3 is 1. The van der Waals surface area contributed by atoms with Crippen LogP contribution in [0.4, 0.5) is 4.79 Å². The number of carbonyl (C=O) groups is 3. The molecule has 1 aliphatic heterocycles. The summed E-state index contributed by atoms with van der Waals surface area (Å²) in [4.78, 5) is 40.3. The third kappa shape index (κ3) is 3.02. The summed E-state index contributed by atoms with van der Waals surface area (Å²) >= 11 is 0. The number of fused-ring (bicyclic) bond motifs is 2. The number of amides is 1. The molecule has 1 N–H and O–H groups in total. The molecule has 9 atom stereocenters. The molecule has 8 nitrogen and oxygen atoms in total. The van der Waals surface area contributed by atoms with E-state index < -0.39 is 34.6 Å². The number of rotatable bonds is 6. The van der Waals surface area contributed by atoms with Crippen molar-refractivity contribution >= 4 is 18.3 Å². The van der Waals surface area contributed by atoms with Gasteiger partial charge in [0.25, 0.3) is 0 Å². The molecule has 194 valence electrons. The summed E-state index contributed by atoms with van der Waals surface area (Å²) in [6.45, 7) is 9.02. The van der Waals surface area contributed by atoms with Crippen LogP contribution in [0.5, 0.6) is 0 Å². The van der Waals surface area contributed by atoms with Crippen molar-refractivity contribution in [2.75, 3.05) is 26.8 Å². The Labute approximate surface area is 207 Å². The van der Waals surface area contributed by atoms with Crippen molar-refractivity contribution in [3.8, 4) is 0 Å². The van der Waals surface area contributed by atoms with Crippen LogP contribution in [0.2, 0.25) is 0 Å². The van der Waals surface area contributed by atoms with Crippen LogP contribution in [0.15, 0.2) is 11.6 Å². The minimum Gasteiger partial charge on any atom is -0.481 e. The lowest BCUT2D eigenvalue weighted by Gasteiger charge is -2.58. The number of morpholine rings is 1. The van der Waals surface area contributed by atoms with E-state index in [0.717, 1.165) is 31.1 Å². The van der Waals surface area contributed by atoms with Gasteiger partial charge in [0.2, 0.25) is 0 Å². The maximum Gasteiger partial charge on any atom is 0.409 e. The number of nitrogens with zero attached hydrogens (tertiary/aromatic N) is 1. The smallest absolute Gasteiger partial charge is 0.409 e. The molecule has 0 radical (unpaired) electrons. The van der Waals surface area contributed by atoms with E-state index in [-0.39, 0.29) is 37.0 Å². The van der Waals surface area contributed by atoms with E-state index in [2.05, 4.69) is 13.0 Å². The van der Waals surface area contributed by atoms with Crippen molar-refractivity contribution < 1.29 is 33.7 Å². The molecule has 0 aromatic carbocycles. The molecule has 3 saturated carbocycles. The molecule has 0 aromatic rings. The monoisotopic (exact) mass is 489 g/mol. The molecule has 5 aliphatic rings. The van der Waals surface area contributed by atoms with Crippen LogP contribution in [0.25, 0.3) is 0 Å². The fourth-order valence-electron chi connectivity index (χ4n) is 9.16. The standard InChI is InChI=1S/C27H39NO7/c1-15(2)21-8-18-9-25(13-29)20-7-6-16(3)19(20)10-26(18,27(21,25)23(30)31)14-34-22-12-28(24(32)33-5)11-17(4)35-22/h8,13,15-20,22H,6-7,9-12,14H2,1-5H3,(H,30,31)/t16-,17-,18?,19?,20?,22-,25+,26?,27?/m1/s1. The van der Waals surface area contributed by atoms with Crippen LogP contribution in [0, 0.1) is 45.8 Å². The average molecular weight is 490 g/mol. The van der Waals surface area contributed by atoms with E-state index in [1.807, 2.05) is 20.8 Å². The Morgan fingerprint density at radius 3 is 2.63 bits per heavy atom. The van der Waals surface area contributed by atoms with Crippen LogP contribution in [-0.2, 0) is 23.8 Å². The summed E-state index contributed by atoms with van der Waals surface area (Å²) < 4.78 is 17.3. The van der Waals surface area contributed by atoms with Gasteiger partial charge in [0.05, 0.1) is 38.3 Å². The lowest BCUT2D eigenvalue weighted by molar-refractivity contribution is -0.233. The van der Waals surface area contributed by atoms with Crippen molar-refractivity contribution in [1.29, 1.82) is 0 Å². The minimum absolute atomic E-state index is 0.0197. The third-order valence-electron chi connectivity index (χ3n) is 10.3. The molecule has 35 heavy (non-hydrogen) atoms. The van der Waals surface area contributed by atoms with Gasteiger partial charge in [-0.3, -0.25) is 4.79 Å². The fourth-order valence-corrected chi connectivity index (χ4v) is 9.16. The third-order valence-corrected chi connectivity index (χ3v) is 10.3. The van der Waals surface area contributed by atoms with Crippen molar-refractivity contribution in [1.82, 2.24) is 4.90 Å². The Balaban J connectivity index is 1.54. The number of aliphatic carboxylic acids is 1. The topological polar surface area (TPSA) is 102 Å². The number of carbonyl (C=O) groups excluding carboxylic acids is 2. The molecule has 4 fully saturated rings. The van der Waals surface area contributed by atoms with Gasteiger partial charge in [0, 0.05) is 5.41 Å². The summed E-state index contributed by atoms with van der Waals surface area (Å²) in [6, 6.07) is 0. The normalized spacial score (nSPS) is 45.9. The predicted octanol–water partition coefficient (Wildman–Crippen LogP) is 3.74. The first kappa shape index (κ1) is 24.8. The van der Waals surface area contributed by atoms with Gasteiger partial charge in [-0.2, -0.15) is 0 Å². The quantitative estimate of drug-likeness (QED) is 0.448. The van der Waals surface area contributed by atoms with E-state index in [9.17, 15) is 19.5 Å². The highest BCUT2D eigenvalue weighted by Crippen LogP contribution is 2.82. The van der Waals surface area contributed by atoms with Crippen molar-refractivity contribution in [2.24, 2.45) is 45.8 Å². The molecule has 1 saturated heterocycles. The minimum atomic E-state index is -1.27. The SMILES string of the molecule is COC(=O)N1C[C@H](OCC23CC4C(CC[C@H]4C)[C@@]4(C=O)CC2C=C(C(C)C)C34C(=O)O)O[C@H](C)C1. The van der Waals surface area contributed by atoms with Gasteiger partial charge in [-0.05, 0) is 55.8 Å². The molecule has 0 spiro atoms. The van der Waals surface area contributed by atoms with Crippen LogP contribution < -0.4 is 0 Å². The zero-order valence-corrected chi connectivity index (χ0v) is 21.5. The summed E-state index contributed by atoms with van der Waals surface area (Å²) in [5.74, 6) is -0.0553. The summed E-state index contributed by atoms with van der Waals surface area (Å²) in [5.41, 5.74) is -2.00. The Kier molecular flexibility index (Phi) is 5.87. The molecule has 1 amide bonds. The molecule has 1 heterocycles. The lowest BCUT2D eigenvalue weighted by Crippen LogP contribution is -2.64. The molecule has 0 aromatic heterocycles. The highest BCUT2D eigenvalue weighted by atomic mass is 16.7. The van der Waals surface area contributed by atoms with Crippen LogP contribution >= 0.6 is 0 Å². The molecule has 4 aliphatic carbocycles. The predicted molar refractivity (Wildman–Crippen MR) is 126 cm³/mol. The Hall–Kier alpha value is -1.93. The van der Waals surface area contributed by atoms with Crippen LogP contribution in [0.1, 0.15) is 53.4 Å². The number of allylic oxidation sites excluding steroid dienone is 1. The molecular formula is C27H39NO7. The van der Waals surface area contributed by atoms with E-state index in [1.165, 1.54) is 7.11 Å². The van der Waals surface area contributed by atoms with Gasteiger partial charge in [-0.1, -0.05) is 38.8 Å². The Bertz CT molecular complexity index is 948. The van der Waals surface area contributed by atoms with Gasteiger partial charge in [0.1, 0.15) is 11.7 Å². The highest BCUT2D eigenvalue weighted by Gasteiger charge is 2.84. The fraction of sp³-hybridized carbons (Fsp3) is 0.815. The van der Waals surface area contributed by atoms with E-state index in [0.29, 0.717) is 24.8 Å². The first-order chi connectivity index (χ1) is 16.6. The van der Waals surface area contributed by atoms with Crippen molar-refractivity contribution in [3.63, 3.8) is 0 Å². The maximum absolute atomic E-state index is 13.5. The molecule has 4 bridgehead atoms. The molecule has 8 heteroatoms. The number of hydrogen-bond acceptors (Lipinski definition) is 6. The second kappa shape index (κ2) is 8.30. The first-order valence-electron chi connectivity index (χ1n) is 13.1. The van der Waals surface area contributed by atoms with Gasteiger partial charge >= 0.3 is 12.1 Å². The molecular weight excluding hydrogens is 450 g/mol. The van der Waals surface area contributed by atoms with Gasteiger partial charge in [-0.25, -0.2) is 4.79 Å². The summed E-state index contributed by atoms with van der Waals surface area (Å²) in [6.07, 6.45) is 5.10. The van der Waals surface area contributed by atoms with Crippen molar-refractivity contribution in [2.45, 2.75) is 65.8 Å². The molecule has 5 rings (SSSR count). The lowest BCUT2D eigenvalue weighted by atomic mass is 9.43. The largest absolute Gasteiger partial charge is 0.481 e. The van der Waals surface area contributed by atoms with E-state index in [4.69, 9.17) is 14.2 Å². The van der Waals surface area contributed by atoms with Crippen molar-refractivity contribution in [3.05, 3.63) is 11.6 Å². The summed E-state index contributed by atoms with van der Waals surface area (Å²) in [7, 11) is 1.35. The zero-order chi connectivity index (χ0) is 25.3. The zero-order valence-electron chi connectivity index (χ0n) is 21.5. The Morgan fingerprint density at radius 1 is 1.26 bits per heavy atom. The highest BCUT2D eigenvalue weighted by molar-refractivity contribution is 5.90. The second-order valence-corrected chi connectivity index (χ2v) is 12.0. The number of aldehydes is 1. The van der Waals surface area contributed by atoms with E-state index >= 15 is 0 Å². The molecule has 5 unspecified atom stereocenters.